The molecule has 2 amide bonds. The standard InChI is InChI=1S/C30H46N2O6/c1-8-20(18-33)32-23-25(35)31(28(5,6)19-27(2,3)4)16-13-15-30(23)21(24(32)34)22-26(36)37-17-12-10-9-11-14-29(22,7)38-30/h11,13-15,20-23,33H,8-10,12,16-19H2,1-7H3/b14-11-/t20-,21-,22+,23?,29-,30-/m0/s1. The lowest BCUT2D eigenvalue weighted by Crippen LogP contribution is -2.62. The molecule has 1 spiro atoms. The Labute approximate surface area is 227 Å². The Balaban J connectivity index is 1.88. The number of ether oxygens (including phenoxy) is 2. The summed E-state index contributed by atoms with van der Waals surface area (Å²) in [6.07, 6.45) is 11.4. The van der Waals surface area contributed by atoms with Gasteiger partial charge in [-0.1, -0.05) is 52.0 Å². The number of rotatable bonds is 5. The topological polar surface area (TPSA) is 96.4 Å². The molecule has 0 aromatic carbocycles. The number of allylic oxidation sites excluding steroid dienone is 1. The van der Waals surface area contributed by atoms with E-state index in [1.807, 2.05) is 43.1 Å². The van der Waals surface area contributed by atoms with Crippen LogP contribution in [0.1, 0.15) is 80.6 Å². The van der Waals surface area contributed by atoms with E-state index >= 15 is 0 Å². The van der Waals surface area contributed by atoms with Gasteiger partial charge in [-0.2, -0.15) is 0 Å². The van der Waals surface area contributed by atoms with Crippen molar-refractivity contribution in [2.24, 2.45) is 17.3 Å². The minimum absolute atomic E-state index is 0.0311. The Bertz CT molecular complexity index is 1010. The molecule has 2 fully saturated rings. The van der Waals surface area contributed by atoms with Crippen molar-refractivity contribution in [2.45, 2.75) is 109 Å². The quantitative estimate of drug-likeness (QED) is 0.431. The molecule has 38 heavy (non-hydrogen) atoms. The van der Waals surface area contributed by atoms with E-state index in [0.29, 0.717) is 13.0 Å². The summed E-state index contributed by atoms with van der Waals surface area (Å²) in [7, 11) is 0. The summed E-state index contributed by atoms with van der Waals surface area (Å²) in [5, 5.41) is 10.3. The van der Waals surface area contributed by atoms with E-state index in [9.17, 15) is 19.5 Å². The number of aliphatic hydroxyl groups excluding tert-OH is 1. The zero-order valence-corrected chi connectivity index (χ0v) is 24.2. The number of amides is 2. The molecule has 4 aliphatic rings. The Morgan fingerprint density at radius 3 is 2.39 bits per heavy atom. The molecule has 8 nitrogen and oxygen atoms in total. The average molecular weight is 531 g/mol. The molecule has 0 bridgehead atoms. The van der Waals surface area contributed by atoms with Gasteiger partial charge in [0.05, 0.1) is 30.8 Å². The van der Waals surface area contributed by atoms with E-state index in [0.717, 1.165) is 25.7 Å². The fourth-order valence-electron chi connectivity index (χ4n) is 7.48. The molecule has 0 aromatic heterocycles. The number of carbonyl (C=O) groups is 3. The van der Waals surface area contributed by atoms with Crippen LogP contribution in [0.3, 0.4) is 0 Å². The third-order valence-electron chi connectivity index (χ3n) is 8.71. The number of aliphatic hydroxyl groups is 1. The summed E-state index contributed by atoms with van der Waals surface area (Å²) in [4.78, 5) is 45.9. The van der Waals surface area contributed by atoms with Gasteiger partial charge in [-0.25, -0.2) is 0 Å². The maximum Gasteiger partial charge on any atom is 0.313 e. The van der Waals surface area contributed by atoms with Crippen LogP contribution < -0.4 is 0 Å². The number of carbonyl (C=O) groups excluding carboxylic acids is 3. The minimum atomic E-state index is -1.35. The van der Waals surface area contributed by atoms with Crippen molar-refractivity contribution in [3.63, 3.8) is 0 Å². The summed E-state index contributed by atoms with van der Waals surface area (Å²) in [6, 6.07) is -1.57. The number of likely N-dealkylation sites (tertiary alicyclic amines) is 1. The molecular weight excluding hydrogens is 484 g/mol. The summed E-state index contributed by atoms with van der Waals surface area (Å²) < 4.78 is 12.5. The summed E-state index contributed by atoms with van der Waals surface area (Å²) in [5.41, 5.74) is -2.99. The third-order valence-corrected chi connectivity index (χ3v) is 8.71. The van der Waals surface area contributed by atoms with Crippen molar-refractivity contribution < 1.29 is 29.0 Å². The van der Waals surface area contributed by atoms with Gasteiger partial charge in [0.1, 0.15) is 17.6 Å². The molecule has 1 N–H and O–H groups in total. The van der Waals surface area contributed by atoms with Gasteiger partial charge < -0.3 is 24.4 Å². The van der Waals surface area contributed by atoms with Crippen LogP contribution in [0.5, 0.6) is 0 Å². The monoisotopic (exact) mass is 530 g/mol. The molecule has 2 saturated heterocycles. The van der Waals surface area contributed by atoms with E-state index < -0.39 is 46.6 Å². The van der Waals surface area contributed by atoms with E-state index in [-0.39, 0.29) is 30.4 Å². The van der Waals surface area contributed by atoms with Gasteiger partial charge in [0.15, 0.2) is 0 Å². The minimum Gasteiger partial charge on any atom is -0.465 e. The molecule has 6 atom stereocenters. The van der Waals surface area contributed by atoms with E-state index in [4.69, 9.17) is 9.47 Å². The first-order chi connectivity index (χ1) is 17.7. The van der Waals surface area contributed by atoms with Gasteiger partial charge in [0.2, 0.25) is 11.8 Å². The van der Waals surface area contributed by atoms with Crippen molar-refractivity contribution in [2.75, 3.05) is 19.8 Å². The van der Waals surface area contributed by atoms with Crippen molar-refractivity contribution in [1.82, 2.24) is 9.80 Å². The smallest absolute Gasteiger partial charge is 0.313 e. The van der Waals surface area contributed by atoms with Gasteiger partial charge in [0.25, 0.3) is 0 Å². The molecule has 212 valence electrons. The van der Waals surface area contributed by atoms with Gasteiger partial charge >= 0.3 is 5.97 Å². The van der Waals surface area contributed by atoms with Crippen molar-refractivity contribution >= 4 is 17.8 Å². The Morgan fingerprint density at radius 1 is 1.05 bits per heavy atom. The summed E-state index contributed by atoms with van der Waals surface area (Å²) >= 11 is 0. The number of esters is 1. The van der Waals surface area contributed by atoms with Crippen LogP contribution in [0.25, 0.3) is 0 Å². The van der Waals surface area contributed by atoms with Crippen LogP contribution in [0, 0.1) is 17.3 Å². The van der Waals surface area contributed by atoms with E-state index in [1.54, 1.807) is 0 Å². The van der Waals surface area contributed by atoms with Crippen LogP contribution in [-0.4, -0.2) is 81.3 Å². The summed E-state index contributed by atoms with van der Waals surface area (Å²) in [6.45, 7) is 14.7. The first kappa shape index (κ1) is 28.8. The molecule has 4 heterocycles. The highest BCUT2D eigenvalue weighted by Crippen LogP contribution is 2.58. The van der Waals surface area contributed by atoms with Crippen molar-refractivity contribution in [3.05, 3.63) is 24.3 Å². The summed E-state index contributed by atoms with van der Waals surface area (Å²) in [5.74, 6) is -2.85. The Kier molecular flexibility index (Phi) is 7.65. The molecule has 0 aromatic rings. The zero-order chi connectivity index (χ0) is 28.1. The largest absolute Gasteiger partial charge is 0.465 e. The van der Waals surface area contributed by atoms with Crippen LogP contribution in [0.15, 0.2) is 24.3 Å². The number of hydrogen-bond acceptors (Lipinski definition) is 6. The Hall–Kier alpha value is -2.19. The van der Waals surface area contributed by atoms with Gasteiger partial charge in [-0.15, -0.1) is 0 Å². The first-order valence-electron chi connectivity index (χ1n) is 14.2. The fourth-order valence-corrected chi connectivity index (χ4v) is 7.48. The SMILES string of the molecule is CC[C@@H](CO)N1C(=O)[C@@H]2[C@@H]3C(=O)OCCCC/C=C\[C@]3(C)O[C@@]23C=CCN(C(C)(C)CC(C)(C)C)C(=O)C13. The maximum absolute atomic E-state index is 14.6. The highest BCUT2D eigenvalue weighted by atomic mass is 16.6. The molecule has 1 unspecified atom stereocenters. The Morgan fingerprint density at radius 2 is 1.76 bits per heavy atom. The van der Waals surface area contributed by atoms with Crippen molar-refractivity contribution in [3.8, 4) is 0 Å². The predicted octanol–water partition coefficient (Wildman–Crippen LogP) is 3.62. The van der Waals surface area contributed by atoms with Crippen LogP contribution in [0.2, 0.25) is 0 Å². The molecule has 0 radical (unpaired) electrons. The second-order valence-corrected chi connectivity index (χ2v) is 13.5. The zero-order valence-electron chi connectivity index (χ0n) is 24.2. The molecule has 4 rings (SSSR count). The van der Waals surface area contributed by atoms with E-state index in [2.05, 4.69) is 34.6 Å². The van der Waals surface area contributed by atoms with Gasteiger partial charge in [-0.05, 0) is 58.3 Å². The van der Waals surface area contributed by atoms with Crippen LogP contribution >= 0.6 is 0 Å². The van der Waals surface area contributed by atoms with Gasteiger partial charge in [-0.3, -0.25) is 14.4 Å². The van der Waals surface area contributed by atoms with Crippen molar-refractivity contribution in [1.29, 1.82) is 0 Å². The predicted molar refractivity (Wildman–Crippen MR) is 144 cm³/mol. The van der Waals surface area contributed by atoms with Crippen LogP contribution in [0.4, 0.5) is 0 Å². The first-order valence-corrected chi connectivity index (χ1v) is 14.2. The molecule has 8 heteroatoms. The fraction of sp³-hybridized carbons (Fsp3) is 0.767. The normalized spacial score (nSPS) is 35.8. The average Bonchev–Trinajstić information content (AvgIpc) is 3.13. The number of nitrogens with zero attached hydrogens (tertiary/aromatic N) is 2. The lowest BCUT2D eigenvalue weighted by Gasteiger charge is -2.45. The number of fused-ring (bicyclic) bond motifs is 2. The van der Waals surface area contributed by atoms with Crippen LogP contribution in [-0.2, 0) is 23.9 Å². The highest BCUT2D eigenvalue weighted by molar-refractivity contribution is 5.99. The highest BCUT2D eigenvalue weighted by Gasteiger charge is 2.75. The molecular formula is C30H46N2O6. The maximum atomic E-state index is 14.6. The second-order valence-electron chi connectivity index (χ2n) is 13.5. The third kappa shape index (κ3) is 4.72. The number of cyclic esters (lactones) is 1. The number of hydrogen-bond donors (Lipinski definition) is 1. The molecule has 0 saturated carbocycles. The lowest BCUT2D eigenvalue weighted by molar-refractivity contribution is -0.163. The second kappa shape index (κ2) is 10.1. The molecule has 4 aliphatic heterocycles. The molecule has 0 aliphatic carbocycles. The van der Waals surface area contributed by atoms with E-state index in [1.165, 1.54) is 4.90 Å². The lowest BCUT2D eigenvalue weighted by atomic mass is 9.74. The van der Waals surface area contributed by atoms with Gasteiger partial charge in [0, 0.05) is 12.1 Å².